The smallest absolute Gasteiger partial charge is 0.240 e. The normalized spacial score (nSPS) is 11.3. The SMILES string of the molecule is COc1ccc(S(=O)(=O)NCc2ncccc2F)cc1. The molecule has 7 heteroatoms. The number of sulfonamides is 1. The van der Waals surface area contributed by atoms with Gasteiger partial charge in [-0.2, -0.15) is 0 Å². The van der Waals surface area contributed by atoms with Crippen molar-refractivity contribution in [3.8, 4) is 5.75 Å². The van der Waals surface area contributed by atoms with Gasteiger partial charge in [-0.15, -0.1) is 0 Å². The third-order valence-corrected chi connectivity index (χ3v) is 4.05. The second-order valence-electron chi connectivity index (χ2n) is 3.93. The Labute approximate surface area is 116 Å². The summed E-state index contributed by atoms with van der Waals surface area (Å²) in [6, 6.07) is 8.57. The molecule has 0 radical (unpaired) electrons. The van der Waals surface area contributed by atoms with Gasteiger partial charge in [0.25, 0.3) is 0 Å². The Bertz CT molecular complexity index is 687. The van der Waals surface area contributed by atoms with E-state index in [1.807, 2.05) is 0 Å². The van der Waals surface area contributed by atoms with Gasteiger partial charge in [0.15, 0.2) is 0 Å². The molecule has 0 unspecified atom stereocenters. The van der Waals surface area contributed by atoms with E-state index in [-0.39, 0.29) is 17.1 Å². The first-order valence-electron chi connectivity index (χ1n) is 5.76. The molecule has 0 atom stereocenters. The first-order valence-corrected chi connectivity index (χ1v) is 7.24. The van der Waals surface area contributed by atoms with E-state index in [9.17, 15) is 12.8 Å². The van der Waals surface area contributed by atoms with Crippen LogP contribution in [0.5, 0.6) is 5.75 Å². The Kier molecular flexibility index (Phi) is 4.31. The van der Waals surface area contributed by atoms with Crippen LogP contribution >= 0.6 is 0 Å². The average molecular weight is 296 g/mol. The van der Waals surface area contributed by atoms with Crippen LogP contribution < -0.4 is 9.46 Å². The quantitative estimate of drug-likeness (QED) is 0.912. The molecular weight excluding hydrogens is 283 g/mol. The van der Waals surface area contributed by atoms with Gasteiger partial charge < -0.3 is 4.74 Å². The minimum atomic E-state index is -3.71. The van der Waals surface area contributed by atoms with Crippen molar-refractivity contribution in [2.45, 2.75) is 11.4 Å². The predicted molar refractivity (Wildman–Crippen MR) is 71.2 cm³/mol. The highest BCUT2D eigenvalue weighted by molar-refractivity contribution is 7.89. The van der Waals surface area contributed by atoms with Gasteiger partial charge >= 0.3 is 0 Å². The fraction of sp³-hybridized carbons (Fsp3) is 0.154. The molecule has 0 saturated heterocycles. The summed E-state index contributed by atoms with van der Waals surface area (Å²) in [5.74, 6) is 0.00431. The van der Waals surface area contributed by atoms with Crippen molar-refractivity contribution in [1.82, 2.24) is 9.71 Å². The monoisotopic (exact) mass is 296 g/mol. The lowest BCUT2D eigenvalue weighted by Crippen LogP contribution is -2.24. The molecule has 1 N–H and O–H groups in total. The van der Waals surface area contributed by atoms with Crippen LogP contribution in [0.4, 0.5) is 4.39 Å². The van der Waals surface area contributed by atoms with Crippen LogP contribution in [0.25, 0.3) is 0 Å². The van der Waals surface area contributed by atoms with Crippen LogP contribution in [0.15, 0.2) is 47.5 Å². The lowest BCUT2D eigenvalue weighted by atomic mass is 10.3. The zero-order chi connectivity index (χ0) is 14.6. The molecule has 20 heavy (non-hydrogen) atoms. The average Bonchev–Trinajstić information content (AvgIpc) is 2.46. The lowest BCUT2D eigenvalue weighted by molar-refractivity contribution is 0.414. The lowest BCUT2D eigenvalue weighted by Gasteiger charge is -2.07. The van der Waals surface area contributed by atoms with Gasteiger partial charge in [-0.05, 0) is 36.4 Å². The summed E-state index contributed by atoms with van der Waals surface area (Å²) < 4.78 is 44.6. The molecule has 0 bridgehead atoms. The third kappa shape index (κ3) is 3.31. The minimum absolute atomic E-state index is 0.0459. The number of pyridine rings is 1. The van der Waals surface area contributed by atoms with Crippen molar-refractivity contribution in [3.05, 3.63) is 54.1 Å². The first kappa shape index (κ1) is 14.4. The zero-order valence-corrected chi connectivity index (χ0v) is 11.5. The van der Waals surface area contributed by atoms with Crippen molar-refractivity contribution in [1.29, 1.82) is 0 Å². The van der Waals surface area contributed by atoms with Gasteiger partial charge in [0.1, 0.15) is 11.6 Å². The molecule has 5 nitrogen and oxygen atoms in total. The second-order valence-corrected chi connectivity index (χ2v) is 5.70. The van der Waals surface area contributed by atoms with Gasteiger partial charge in [0, 0.05) is 6.20 Å². The van der Waals surface area contributed by atoms with E-state index in [2.05, 4.69) is 9.71 Å². The number of hydrogen-bond acceptors (Lipinski definition) is 4. The number of ether oxygens (including phenoxy) is 1. The summed E-state index contributed by atoms with van der Waals surface area (Å²) in [5.41, 5.74) is 0.0459. The summed E-state index contributed by atoms with van der Waals surface area (Å²) >= 11 is 0. The fourth-order valence-electron chi connectivity index (χ4n) is 1.55. The number of methoxy groups -OCH3 is 1. The van der Waals surface area contributed by atoms with Crippen molar-refractivity contribution in [2.75, 3.05) is 7.11 Å². The van der Waals surface area contributed by atoms with E-state index >= 15 is 0 Å². The topological polar surface area (TPSA) is 68.3 Å². The molecule has 2 aromatic rings. The number of aromatic nitrogens is 1. The van der Waals surface area contributed by atoms with Crippen LogP contribution in [0, 0.1) is 5.82 Å². The molecule has 0 saturated carbocycles. The molecule has 0 spiro atoms. The Balaban J connectivity index is 2.13. The number of nitrogens with zero attached hydrogens (tertiary/aromatic N) is 1. The van der Waals surface area contributed by atoms with Crippen molar-refractivity contribution in [3.63, 3.8) is 0 Å². The molecule has 1 heterocycles. The van der Waals surface area contributed by atoms with E-state index in [1.54, 1.807) is 0 Å². The first-order chi connectivity index (χ1) is 9.53. The minimum Gasteiger partial charge on any atom is -0.497 e. The van der Waals surface area contributed by atoms with Crippen LogP contribution in [-0.2, 0) is 16.6 Å². The molecule has 0 aliphatic carbocycles. The van der Waals surface area contributed by atoms with Gasteiger partial charge in [0.2, 0.25) is 10.0 Å². The molecule has 1 aromatic heterocycles. The number of nitrogens with one attached hydrogen (secondary N) is 1. The van der Waals surface area contributed by atoms with Crippen molar-refractivity contribution in [2.24, 2.45) is 0 Å². The Morgan fingerprint density at radius 3 is 2.55 bits per heavy atom. The van der Waals surface area contributed by atoms with Crippen molar-refractivity contribution >= 4 is 10.0 Å². The van der Waals surface area contributed by atoms with Gasteiger partial charge in [-0.1, -0.05) is 0 Å². The molecule has 1 aromatic carbocycles. The van der Waals surface area contributed by atoms with Gasteiger partial charge in [-0.3, -0.25) is 4.98 Å². The molecule has 106 valence electrons. The summed E-state index contributed by atoms with van der Waals surface area (Å²) in [7, 11) is -2.22. The second kappa shape index (κ2) is 5.98. The summed E-state index contributed by atoms with van der Waals surface area (Å²) in [6.45, 7) is -0.207. The highest BCUT2D eigenvalue weighted by atomic mass is 32.2. The number of rotatable bonds is 5. The largest absolute Gasteiger partial charge is 0.497 e. The zero-order valence-electron chi connectivity index (χ0n) is 10.7. The standard InChI is InChI=1S/C13H13FN2O3S/c1-19-10-4-6-11(7-5-10)20(17,18)16-9-13-12(14)3-2-8-15-13/h2-8,16H,9H2,1H3. The summed E-state index contributed by atoms with van der Waals surface area (Å²) in [5, 5.41) is 0. The van der Waals surface area contributed by atoms with E-state index in [0.717, 1.165) is 0 Å². The van der Waals surface area contributed by atoms with Crippen LogP contribution in [0.3, 0.4) is 0 Å². The molecule has 0 amide bonds. The molecule has 0 fully saturated rings. The highest BCUT2D eigenvalue weighted by Gasteiger charge is 2.15. The Hall–Kier alpha value is -1.99. The maximum absolute atomic E-state index is 13.4. The van der Waals surface area contributed by atoms with Crippen molar-refractivity contribution < 1.29 is 17.5 Å². The van der Waals surface area contributed by atoms with Gasteiger partial charge in [-0.25, -0.2) is 17.5 Å². The molecule has 2 rings (SSSR count). The predicted octanol–water partition coefficient (Wildman–Crippen LogP) is 1.71. The van der Waals surface area contributed by atoms with Crippen LogP contribution in [0.2, 0.25) is 0 Å². The summed E-state index contributed by atoms with van der Waals surface area (Å²) in [4.78, 5) is 3.86. The van der Waals surface area contributed by atoms with E-state index in [4.69, 9.17) is 4.74 Å². The van der Waals surface area contributed by atoms with E-state index < -0.39 is 15.8 Å². The maximum Gasteiger partial charge on any atom is 0.240 e. The van der Waals surface area contributed by atoms with Crippen LogP contribution in [-0.4, -0.2) is 20.5 Å². The summed E-state index contributed by atoms with van der Waals surface area (Å²) in [6.07, 6.45) is 1.40. The fourth-order valence-corrected chi connectivity index (χ4v) is 2.54. The Morgan fingerprint density at radius 1 is 1.25 bits per heavy atom. The third-order valence-electron chi connectivity index (χ3n) is 2.63. The molecular formula is C13H13FN2O3S. The van der Waals surface area contributed by atoms with Crippen LogP contribution in [0.1, 0.15) is 5.69 Å². The molecule has 0 aliphatic heterocycles. The van der Waals surface area contributed by atoms with Gasteiger partial charge in [0.05, 0.1) is 24.2 Å². The number of benzene rings is 1. The Morgan fingerprint density at radius 2 is 1.95 bits per heavy atom. The number of hydrogen-bond donors (Lipinski definition) is 1. The molecule has 0 aliphatic rings. The van der Waals surface area contributed by atoms with E-state index in [0.29, 0.717) is 5.75 Å². The number of halogens is 1. The maximum atomic E-state index is 13.4. The van der Waals surface area contributed by atoms with E-state index in [1.165, 1.54) is 49.7 Å². The highest BCUT2D eigenvalue weighted by Crippen LogP contribution is 2.15.